The first-order chi connectivity index (χ1) is 12.5. The predicted octanol–water partition coefficient (Wildman–Crippen LogP) is 3.58. The van der Waals surface area contributed by atoms with Crippen molar-refractivity contribution in [2.45, 2.75) is 9.79 Å². The topological polar surface area (TPSA) is 49.9 Å². The highest BCUT2D eigenvalue weighted by Gasteiger charge is 2.31. The molecule has 26 heavy (non-hydrogen) atoms. The van der Waals surface area contributed by atoms with Gasteiger partial charge >= 0.3 is 0 Å². The van der Waals surface area contributed by atoms with Crippen LogP contribution in [0.3, 0.4) is 0 Å². The molecule has 1 saturated heterocycles. The van der Waals surface area contributed by atoms with Gasteiger partial charge in [0.15, 0.2) is 0 Å². The molecular weight excluding hydrogens is 392 g/mol. The highest BCUT2D eigenvalue weighted by molar-refractivity contribution is 7.98. The Balaban J connectivity index is 1.80. The maximum Gasteiger partial charge on any atom is 0.246 e. The van der Waals surface area contributed by atoms with Crippen molar-refractivity contribution in [3.8, 4) is 5.75 Å². The zero-order valence-corrected chi connectivity index (χ0v) is 17.1. The van der Waals surface area contributed by atoms with E-state index < -0.39 is 10.0 Å². The van der Waals surface area contributed by atoms with E-state index in [-0.39, 0.29) is 4.90 Å². The number of thioether (sulfide) groups is 1. The second kappa shape index (κ2) is 8.08. The summed E-state index contributed by atoms with van der Waals surface area (Å²) in [4.78, 5) is 3.54. The number of para-hydroxylation sites is 1. The van der Waals surface area contributed by atoms with Gasteiger partial charge in [0.1, 0.15) is 10.6 Å². The number of piperazine rings is 1. The number of ether oxygens (including phenoxy) is 1. The Morgan fingerprint density at radius 1 is 1.08 bits per heavy atom. The van der Waals surface area contributed by atoms with Gasteiger partial charge in [-0.1, -0.05) is 23.7 Å². The predicted molar refractivity (Wildman–Crippen MR) is 107 cm³/mol. The number of nitrogens with zero attached hydrogens (tertiary/aromatic N) is 2. The summed E-state index contributed by atoms with van der Waals surface area (Å²) in [5.74, 6) is 0.310. The zero-order chi connectivity index (χ0) is 18.7. The Morgan fingerprint density at radius 2 is 1.77 bits per heavy atom. The van der Waals surface area contributed by atoms with Crippen molar-refractivity contribution in [2.24, 2.45) is 0 Å². The molecule has 5 nitrogen and oxygen atoms in total. The summed E-state index contributed by atoms with van der Waals surface area (Å²) in [6.07, 6.45) is 2.05. The number of anilines is 1. The number of sulfonamides is 1. The van der Waals surface area contributed by atoms with E-state index in [4.69, 9.17) is 16.3 Å². The molecule has 0 saturated carbocycles. The number of rotatable bonds is 5. The van der Waals surface area contributed by atoms with Crippen LogP contribution in [-0.2, 0) is 10.0 Å². The lowest BCUT2D eigenvalue weighted by molar-refractivity contribution is 0.374. The SMILES string of the molecule is COc1ccc(Cl)cc1S(=O)(=O)N1CCN(c2ccccc2SC)CC1. The Hall–Kier alpha value is -1.41. The van der Waals surface area contributed by atoms with Crippen LogP contribution in [-0.4, -0.2) is 52.3 Å². The van der Waals surface area contributed by atoms with Gasteiger partial charge in [-0.25, -0.2) is 8.42 Å². The van der Waals surface area contributed by atoms with Gasteiger partial charge in [-0.15, -0.1) is 11.8 Å². The molecule has 0 spiro atoms. The molecule has 8 heteroatoms. The lowest BCUT2D eigenvalue weighted by atomic mass is 10.2. The van der Waals surface area contributed by atoms with Crippen LogP contribution in [0.5, 0.6) is 5.75 Å². The third kappa shape index (κ3) is 3.81. The highest BCUT2D eigenvalue weighted by Crippen LogP contribution is 2.32. The van der Waals surface area contributed by atoms with Gasteiger partial charge in [0, 0.05) is 36.1 Å². The maximum atomic E-state index is 13.1. The first-order valence-electron chi connectivity index (χ1n) is 8.19. The van der Waals surface area contributed by atoms with Crippen LogP contribution in [0.15, 0.2) is 52.3 Å². The summed E-state index contributed by atoms with van der Waals surface area (Å²) < 4.78 is 32.8. The van der Waals surface area contributed by atoms with Crippen molar-refractivity contribution in [2.75, 3.05) is 44.4 Å². The van der Waals surface area contributed by atoms with Crippen LogP contribution in [0.4, 0.5) is 5.69 Å². The van der Waals surface area contributed by atoms with Gasteiger partial charge in [-0.2, -0.15) is 4.31 Å². The van der Waals surface area contributed by atoms with Crippen molar-refractivity contribution in [3.05, 3.63) is 47.5 Å². The molecule has 2 aromatic carbocycles. The molecule has 140 valence electrons. The monoisotopic (exact) mass is 412 g/mol. The van der Waals surface area contributed by atoms with Gasteiger partial charge in [0.25, 0.3) is 0 Å². The summed E-state index contributed by atoms with van der Waals surface area (Å²) in [5, 5.41) is 0.372. The number of halogens is 1. The molecule has 1 aliphatic heterocycles. The largest absolute Gasteiger partial charge is 0.495 e. The third-order valence-electron chi connectivity index (χ3n) is 4.41. The van der Waals surface area contributed by atoms with Gasteiger partial charge in [-0.3, -0.25) is 0 Å². The summed E-state index contributed by atoms with van der Waals surface area (Å²) in [6, 6.07) is 12.8. The Bertz CT molecular complexity index is 882. The number of methoxy groups -OCH3 is 1. The van der Waals surface area contributed by atoms with Crippen LogP contribution in [0.25, 0.3) is 0 Å². The van der Waals surface area contributed by atoms with Crippen LogP contribution >= 0.6 is 23.4 Å². The number of benzene rings is 2. The van der Waals surface area contributed by atoms with Crippen molar-refractivity contribution in [1.82, 2.24) is 4.31 Å². The fourth-order valence-electron chi connectivity index (χ4n) is 3.05. The van der Waals surface area contributed by atoms with Crippen LogP contribution in [0, 0.1) is 0 Å². The van der Waals surface area contributed by atoms with Crippen LogP contribution in [0.2, 0.25) is 5.02 Å². The van der Waals surface area contributed by atoms with Crippen LogP contribution < -0.4 is 9.64 Å². The van der Waals surface area contributed by atoms with Crippen molar-refractivity contribution in [1.29, 1.82) is 0 Å². The Labute approximate surface area is 163 Å². The fourth-order valence-corrected chi connectivity index (χ4v) is 5.51. The first kappa shape index (κ1) is 19.4. The lowest BCUT2D eigenvalue weighted by Gasteiger charge is -2.36. The van der Waals surface area contributed by atoms with Gasteiger partial charge in [0.2, 0.25) is 10.0 Å². The molecule has 3 rings (SSSR count). The molecule has 0 N–H and O–H groups in total. The summed E-state index contributed by atoms with van der Waals surface area (Å²) in [6.45, 7) is 2.11. The Kier molecular flexibility index (Phi) is 6.02. The molecule has 2 aromatic rings. The molecule has 0 radical (unpaired) electrons. The lowest BCUT2D eigenvalue weighted by Crippen LogP contribution is -2.48. The number of hydrogen-bond acceptors (Lipinski definition) is 5. The molecule has 0 atom stereocenters. The van der Waals surface area contributed by atoms with Crippen molar-refractivity contribution < 1.29 is 13.2 Å². The molecule has 1 heterocycles. The molecule has 0 amide bonds. The molecular formula is C18H21ClN2O3S2. The van der Waals surface area contributed by atoms with E-state index in [0.717, 1.165) is 5.69 Å². The zero-order valence-electron chi connectivity index (χ0n) is 14.7. The van der Waals surface area contributed by atoms with E-state index in [1.54, 1.807) is 23.9 Å². The first-order valence-corrected chi connectivity index (χ1v) is 11.2. The summed E-state index contributed by atoms with van der Waals surface area (Å²) in [5.41, 5.74) is 1.15. The minimum atomic E-state index is -3.66. The van der Waals surface area contributed by atoms with E-state index in [0.29, 0.717) is 37.0 Å². The average molecular weight is 413 g/mol. The van der Waals surface area contributed by atoms with Crippen LogP contribution in [0.1, 0.15) is 0 Å². The normalized spacial score (nSPS) is 15.9. The van der Waals surface area contributed by atoms with Gasteiger partial charge < -0.3 is 9.64 Å². The van der Waals surface area contributed by atoms with E-state index in [1.165, 1.54) is 22.4 Å². The summed E-state index contributed by atoms with van der Waals surface area (Å²) in [7, 11) is -2.20. The van der Waals surface area contributed by atoms with Gasteiger partial charge in [0.05, 0.1) is 12.8 Å². The second-order valence-electron chi connectivity index (χ2n) is 5.86. The Morgan fingerprint density at radius 3 is 2.42 bits per heavy atom. The molecule has 1 aliphatic rings. The standard InChI is InChI=1S/C18H21ClN2O3S2/c1-24-16-8-7-14(19)13-18(16)26(22,23)21-11-9-20(10-12-21)15-5-3-4-6-17(15)25-2/h3-8,13H,9-12H2,1-2H3. The molecule has 0 aliphatic carbocycles. The minimum Gasteiger partial charge on any atom is -0.495 e. The van der Waals surface area contributed by atoms with Gasteiger partial charge in [-0.05, 0) is 36.6 Å². The maximum absolute atomic E-state index is 13.1. The van der Waals surface area contributed by atoms with Crippen molar-refractivity contribution in [3.63, 3.8) is 0 Å². The van der Waals surface area contributed by atoms with Crippen molar-refractivity contribution >= 4 is 39.1 Å². The number of hydrogen-bond donors (Lipinski definition) is 0. The van der Waals surface area contributed by atoms with E-state index in [2.05, 4.69) is 17.0 Å². The third-order valence-corrected chi connectivity index (χ3v) is 7.35. The molecule has 0 unspecified atom stereocenters. The second-order valence-corrected chi connectivity index (χ2v) is 9.05. The average Bonchev–Trinajstić information content (AvgIpc) is 2.68. The fraction of sp³-hybridized carbons (Fsp3) is 0.333. The summed E-state index contributed by atoms with van der Waals surface area (Å²) >= 11 is 7.70. The smallest absolute Gasteiger partial charge is 0.246 e. The molecule has 0 bridgehead atoms. The quantitative estimate of drug-likeness (QED) is 0.702. The highest BCUT2D eigenvalue weighted by atomic mass is 35.5. The van der Waals surface area contributed by atoms with E-state index in [9.17, 15) is 8.42 Å². The van der Waals surface area contributed by atoms with E-state index in [1.807, 2.05) is 18.4 Å². The molecule has 0 aromatic heterocycles. The van der Waals surface area contributed by atoms with E-state index >= 15 is 0 Å². The molecule has 1 fully saturated rings. The minimum absolute atomic E-state index is 0.116.